The Hall–Kier alpha value is -2.55. The molecule has 0 saturated carbocycles. The van der Waals surface area contributed by atoms with Crippen molar-refractivity contribution in [3.8, 4) is 11.3 Å². The third kappa shape index (κ3) is 3.60. The first-order valence-electron chi connectivity index (χ1n) is 7.78. The minimum Gasteiger partial charge on any atom is -0.354 e. The zero-order chi connectivity index (χ0) is 16.4. The van der Waals surface area contributed by atoms with E-state index in [1.165, 1.54) is 0 Å². The highest BCUT2D eigenvalue weighted by Gasteiger charge is 2.08. The molecular weight excluding hydrogens is 351 g/mol. The van der Waals surface area contributed by atoms with Crippen molar-refractivity contribution < 1.29 is 0 Å². The number of para-hydroxylation sites is 2. The molecule has 0 radical (unpaired) electrons. The van der Waals surface area contributed by atoms with Crippen LogP contribution in [-0.4, -0.2) is 4.98 Å². The van der Waals surface area contributed by atoms with E-state index in [4.69, 9.17) is 16.6 Å². The predicted molar refractivity (Wildman–Crippen MR) is 109 cm³/mol. The van der Waals surface area contributed by atoms with Gasteiger partial charge in [-0.05, 0) is 24.3 Å². The van der Waals surface area contributed by atoms with Gasteiger partial charge in [-0.3, -0.25) is 0 Å². The van der Waals surface area contributed by atoms with Gasteiger partial charge in [0.05, 0.1) is 27.6 Å². The minimum absolute atomic E-state index is 0. The topological polar surface area (TPSA) is 24.9 Å². The largest absolute Gasteiger partial charge is 0.354 e. The molecule has 3 aromatic carbocycles. The van der Waals surface area contributed by atoms with Crippen LogP contribution in [0, 0.1) is 0 Å². The van der Waals surface area contributed by atoms with Crippen LogP contribution in [0.4, 0.5) is 11.4 Å². The molecule has 1 aromatic heterocycles. The van der Waals surface area contributed by atoms with Gasteiger partial charge in [0.25, 0.3) is 0 Å². The van der Waals surface area contributed by atoms with Gasteiger partial charge in [0.2, 0.25) is 0 Å². The van der Waals surface area contributed by atoms with Crippen molar-refractivity contribution in [3.63, 3.8) is 0 Å². The molecule has 124 valence electrons. The van der Waals surface area contributed by atoms with Crippen LogP contribution in [0.1, 0.15) is 0 Å². The Morgan fingerprint density at radius 1 is 0.720 bits per heavy atom. The lowest BCUT2D eigenvalue weighted by Gasteiger charge is -2.13. The summed E-state index contributed by atoms with van der Waals surface area (Å²) in [6, 6.07) is 28.1. The molecule has 4 aromatic rings. The van der Waals surface area contributed by atoms with E-state index in [-0.39, 0.29) is 12.4 Å². The molecule has 1 heterocycles. The van der Waals surface area contributed by atoms with Crippen molar-refractivity contribution in [1.82, 2.24) is 4.98 Å². The van der Waals surface area contributed by atoms with Crippen molar-refractivity contribution in [2.45, 2.75) is 0 Å². The summed E-state index contributed by atoms with van der Waals surface area (Å²) in [6.45, 7) is 0. The SMILES string of the molecule is Cl.Clc1ccccc1Nc1cc(-c2ccccc2)nc2ccccc12. The molecule has 0 aliphatic carbocycles. The fourth-order valence-corrected chi connectivity index (χ4v) is 2.93. The molecule has 0 bridgehead atoms. The molecule has 2 nitrogen and oxygen atoms in total. The molecule has 0 unspecified atom stereocenters. The summed E-state index contributed by atoms with van der Waals surface area (Å²) in [7, 11) is 0. The summed E-state index contributed by atoms with van der Waals surface area (Å²) in [5.74, 6) is 0. The molecule has 4 heteroatoms. The van der Waals surface area contributed by atoms with Crippen molar-refractivity contribution >= 4 is 46.3 Å². The van der Waals surface area contributed by atoms with Gasteiger partial charge in [-0.2, -0.15) is 0 Å². The first-order chi connectivity index (χ1) is 11.8. The van der Waals surface area contributed by atoms with E-state index in [0.29, 0.717) is 5.02 Å². The van der Waals surface area contributed by atoms with Gasteiger partial charge in [-0.25, -0.2) is 4.98 Å². The summed E-state index contributed by atoms with van der Waals surface area (Å²) >= 11 is 6.30. The molecule has 0 aliphatic heterocycles. The van der Waals surface area contributed by atoms with E-state index in [1.54, 1.807) is 0 Å². The number of benzene rings is 3. The van der Waals surface area contributed by atoms with Crippen LogP contribution in [0.2, 0.25) is 5.02 Å². The monoisotopic (exact) mass is 366 g/mol. The predicted octanol–water partition coefficient (Wildman–Crippen LogP) is 6.72. The molecule has 0 atom stereocenters. The van der Waals surface area contributed by atoms with Gasteiger partial charge < -0.3 is 5.32 Å². The van der Waals surface area contributed by atoms with Crippen LogP contribution in [0.5, 0.6) is 0 Å². The second-order valence-electron chi connectivity index (χ2n) is 5.54. The second kappa shape index (κ2) is 7.56. The van der Waals surface area contributed by atoms with Crippen LogP contribution in [0.3, 0.4) is 0 Å². The first-order valence-corrected chi connectivity index (χ1v) is 8.16. The van der Waals surface area contributed by atoms with Gasteiger partial charge in [-0.1, -0.05) is 72.3 Å². The number of halogens is 2. The van der Waals surface area contributed by atoms with Crippen LogP contribution in [0.25, 0.3) is 22.2 Å². The zero-order valence-corrected chi connectivity index (χ0v) is 14.9. The Labute approximate surface area is 157 Å². The first kappa shape index (κ1) is 17.3. The maximum Gasteiger partial charge on any atom is 0.0730 e. The zero-order valence-electron chi connectivity index (χ0n) is 13.3. The lowest BCUT2D eigenvalue weighted by atomic mass is 10.1. The fraction of sp³-hybridized carbons (Fsp3) is 0. The highest BCUT2D eigenvalue weighted by Crippen LogP contribution is 2.32. The second-order valence-corrected chi connectivity index (χ2v) is 5.95. The van der Waals surface area contributed by atoms with E-state index >= 15 is 0 Å². The summed E-state index contributed by atoms with van der Waals surface area (Å²) in [5, 5.41) is 5.21. The summed E-state index contributed by atoms with van der Waals surface area (Å²) in [5.41, 5.74) is 4.85. The average molecular weight is 367 g/mol. The minimum atomic E-state index is 0. The number of hydrogen-bond acceptors (Lipinski definition) is 2. The summed E-state index contributed by atoms with van der Waals surface area (Å²) in [6.07, 6.45) is 0. The maximum atomic E-state index is 6.30. The van der Waals surface area contributed by atoms with Crippen LogP contribution in [-0.2, 0) is 0 Å². The van der Waals surface area contributed by atoms with Crippen molar-refractivity contribution in [3.05, 3.63) is 90.0 Å². The van der Waals surface area contributed by atoms with E-state index in [2.05, 4.69) is 29.6 Å². The molecule has 0 amide bonds. The van der Waals surface area contributed by atoms with Gasteiger partial charge in [0.15, 0.2) is 0 Å². The number of pyridine rings is 1. The lowest BCUT2D eigenvalue weighted by molar-refractivity contribution is 1.39. The molecule has 0 saturated heterocycles. The van der Waals surface area contributed by atoms with Crippen LogP contribution in [0.15, 0.2) is 84.9 Å². The Bertz CT molecular complexity index is 1000. The van der Waals surface area contributed by atoms with E-state index in [1.807, 2.05) is 60.7 Å². The van der Waals surface area contributed by atoms with Gasteiger partial charge in [-0.15, -0.1) is 12.4 Å². The molecule has 4 rings (SSSR count). The van der Waals surface area contributed by atoms with Gasteiger partial charge in [0, 0.05) is 10.9 Å². The lowest BCUT2D eigenvalue weighted by Crippen LogP contribution is -1.95. The number of anilines is 2. The number of fused-ring (bicyclic) bond motifs is 1. The third-order valence-electron chi connectivity index (χ3n) is 3.93. The van der Waals surface area contributed by atoms with Crippen molar-refractivity contribution in [2.75, 3.05) is 5.32 Å². The number of aromatic nitrogens is 1. The van der Waals surface area contributed by atoms with Crippen molar-refractivity contribution in [1.29, 1.82) is 0 Å². The molecule has 25 heavy (non-hydrogen) atoms. The highest BCUT2D eigenvalue weighted by atomic mass is 35.5. The average Bonchev–Trinajstić information content (AvgIpc) is 2.64. The number of nitrogens with one attached hydrogen (secondary N) is 1. The molecule has 0 fully saturated rings. The quantitative estimate of drug-likeness (QED) is 0.435. The standard InChI is InChI=1S/C21H15ClN2.ClH/c22-17-11-5-7-13-19(17)24-21-14-20(15-8-2-1-3-9-15)23-18-12-6-4-10-16(18)21;/h1-14H,(H,23,24);1H. The van der Waals surface area contributed by atoms with E-state index in [0.717, 1.165) is 33.5 Å². The normalized spacial score (nSPS) is 10.3. The van der Waals surface area contributed by atoms with Crippen LogP contribution < -0.4 is 5.32 Å². The Kier molecular flexibility index (Phi) is 5.22. The molecule has 1 N–H and O–H groups in total. The third-order valence-corrected chi connectivity index (χ3v) is 4.26. The maximum absolute atomic E-state index is 6.30. The Morgan fingerprint density at radius 3 is 2.20 bits per heavy atom. The van der Waals surface area contributed by atoms with E-state index in [9.17, 15) is 0 Å². The Balaban J connectivity index is 0.00000182. The van der Waals surface area contributed by atoms with E-state index < -0.39 is 0 Å². The summed E-state index contributed by atoms with van der Waals surface area (Å²) < 4.78 is 0. The summed E-state index contributed by atoms with van der Waals surface area (Å²) in [4.78, 5) is 4.80. The van der Waals surface area contributed by atoms with Crippen molar-refractivity contribution in [2.24, 2.45) is 0 Å². The molecule has 0 spiro atoms. The number of rotatable bonds is 3. The highest BCUT2D eigenvalue weighted by molar-refractivity contribution is 6.33. The van der Waals surface area contributed by atoms with Gasteiger partial charge >= 0.3 is 0 Å². The van der Waals surface area contributed by atoms with Crippen LogP contribution >= 0.6 is 24.0 Å². The fourth-order valence-electron chi connectivity index (χ4n) is 2.74. The number of hydrogen-bond donors (Lipinski definition) is 1. The molecular formula is C21H16Cl2N2. The smallest absolute Gasteiger partial charge is 0.0730 e. The molecule has 0 aliphatic rings. The number of nitrogens with zero attached hydrogens (tertiary/aromatic N) is 1. The van der Waals surface area contributed by atoms with Gasteiger partial charge in [0.1, 0.15) is 0 Å². The Morgan fingerprint density at radius 2 is 1.40 bits per heavy atom.